The van der Waals surface area contributed by atoms with Crippen molar-refractivity contribution in [3.8, 4) is 0 Å². The van der Waals surface area contributed by atoms with Crippen LogP contribution in [0.5, 0.6) is 0 Å². The van der Waals surface area contributed by atoms with E-state index in [1.165, 1.54) is 25.7 Å². The summed E-state index contributed by atoms with van der Waals surface area (Å²) in [5.74, 6) is 0. The molecular formula is C15H32OSi. The second-order valence-corrected chi connectivity index (χ2v) is 11.4. The van der Waals surface area contributed by atoms with Crippen molar-refractivity contribution in [2.75, 3.05) is 0 Å². The summed E-state index contributed by atoms with van der Waals surface area (Å²) in [7, 11) is -1.56. The lowest BCUT2D eigenvalue weighted by molar-refractivity contribution is 0.185. The van der Waals surface area contributed by atoms with E-state index in [4.69, 9.17) is 4.43 Å². The molecule has 0 saturated heterocycles. The van der Waals surface area contributed by atoms with Crippen LogP contribution in [0.15, 0.2) is 12.7 Å². The van der Waals surface area contributed by atoms with Crippen LogP contribution in [-0.4, -0.2) is 14.4 Å². The molecule has 0 fully saturated rings. The lowest BCUT2D eigenvalue weighted by Crippen LogP contribution is -2.43. The lowest BCUT2D eigenvalue weighted by Gasteiger charge is -2.38. The normalized spacial score (nSPS) is 14.7. The lowest BCUT2D eigenvalue weighted by atomic mass is 10.1. The van der Waals surface area contributed by atoms with Gasteiger partial charge in [0.2, 0.25) is 0 Å². The van der Waals surface area contributed by atoms with Gasteiger partial charge in [0.1, 0.15) is 0 Å². The van der Waals surface area contributed by atoms with Gasteiger partial charge in [-0.1, -0.05) is 39.7 Å². The fourth-order valence-corrected chi connectivity index (χ4v) is 3.11. The molecule has 1 atom stereocenters. The minimum absolute atomic E-state index is 0.324. The van der Waals surface area contributed by atoms with Crippen LogP contribution in [0.4, 0.5) is 0 Å². The maximum Gasteiger partial charge on any atom is 0.192 e. The van der Waals surface area contributed by atoms with E-state index in [1.807, 2.05) is 6.08 Å². The van der Waals surface area contributed by atoms with Crippen LogP contribution in [0.2, 0.25) is 18.1 Å². The Labute approximate surface area is 110 Å². The van der Waals surface area contributed by atoms with E-state index in [9.17, 15) is 0 Å². The van der Waals surface area contributed by atoms with E-state index in [-0.39, 0.29) is 0 Å². The van der Waals surface area contributed by atoms with Gasteiger partial charge in [0.05, 0.1) is 0 Å². The first-order chi connectivity index (χ1) is 7.70. The first-order valence-electron chi connectivity index (χ1n) is 6.99. The summed E-state index contributed by atoms with van der Waals surface area (Å²) >= 11 is 0. The largest absolute Gasteiger partial charge is 0.414 e. The van der Waals surface area contributed by atoms with Gasteiger partial charge in [0, 0.05) is 6.10 Å². The highest BCUT2D eigenvalue weighted by atomic mass is 28.4. The Morgan fingerprint density at radius 2 is 1.76 bits per heavy atom. The molecule has 0 aromatic heterocycles. The summed E-state index contributed by atoms with van der Waals surface area (Å²) in [6.45, 7) is 17.6. The fraction of sp³-hybridized carbons (Fsp3) is 0.867. The fourth-order valence-electron chi connectivity index (χ4n) is 1.64. The van der Waals surface area contributed by atoms with Crippen molar-refractivity contribution in [2.45, 2.75) is 84.0 Å². The molecule has 17 heavy (non-hydrogen) atoms. The summed E-state index contributed by atoms with van der Waals surface area (Å²) in [5, 5.41) is 0.324. The van der Waals surface area contributed by atoms with E-state index >= 15 is 0 Å². The average molecular weight is 257 g/mol. The molecule has 0 amide bonds. The van der Waals surface area contributed by atoms with Crippen LogP contribution >= 0.6 is 0 Å². The average Bonchev–Trinajstić information content (AvgIpc) is 2.14. The Bertz CT molecular complexity index is 215. The molecule has 0 aromatic rings. The van der Waals surface area contributed by atoms with Crippen LogP contribution in [0, 0.1) is 0 Å². The predicted octanol–water partition coefficient (Wildman–Crippen LogP) is 5.53. The number of hydrogen-bond donors (Lipinski definition) is 0. The molecule has 0 aliphatic heterocycles. The molecule has 0 N–H and O–H groups in total. The molecule has 0 aromatic carbocycles. The molecule has 2 heteroatoms. The van der Waals surface area contributed by atoms with E-state index in [1.54, 1.807) is 0 Å². The molecule has 0 spiro atoms. The first kappa shape index (κ1) is 16.9. The molecule has 0 heterocycles. The first-order valence-corrected chi connectivity index (χ1v) is 9.90. The van der Waals surface area contributed by atoms with Crippen molar-refractivity contribution in [3.05, 3.63) is 12.7 Å². The van der Waals surface area contributed by atoms with Gasteiger partial charge in [-0.2, -0.15) is 0 Å². The van der Waals surface area contributed by atoms with Crippen molar-refractivity contribution in [1.29, 1.82) is 0 Å². The highest BCUT2D eigenvalue weighted by Gasteiger charge is 2.38. The summed E-state index contributed by atoms with van der Waals surface area (Å²) in [5.41, 5.74) is 0. The number of allylic oxidation sites excluding steroid dienone is 1. The molecule has 0 aliphatic carbocycles. The SMILES string of the molecule is C=CCCCCC[C@H](C)O[Si](C)(C)C(C)(C)C. The Morgan fingerprint density at radius 3 is 2.24 bits per heavy atom. The highest BCUT2D eigenvalue weighted by molar-refractivity contribution is 6.74. The third-order valence-electron chi connectivity index (χ3n) is 3.82. The zero-order chi connectivity index (χ0) is 13.5. The van der Waals surface area contributed by atoms with Gasteiger partial charge in [-0.15, -0.1) is 6.58 Å². The summed E-state index contributed by atoms with van der Waals surface area (Å²) in [6, 6.07) is 0. The van der Waals surface area contributed by atoms with Crippen LogP contribution in [0.25, 0.3) is 0 Å². The zero-order valence-corrected chi connectivity index (χ0v) is 13.8. The number of rotatable bonds is 8. The standard InChI is InChI=1S/C15H32OSi/c1-8-9-10-11-12-13-14(2)16-17(6,7)15(3,4)5/h8,14H,1,9-13H2,2-7H3/t14-/m0/s1. The Morgan fingerprint density at radius 1 is 1.18 bits per heavy atom. The number of hydrogen-bond acceptors (Lipinski definition) is 1. The molecule has 0 bridgehead atoms. The predicted molar refractivity (Wildman–Crippen MR) is 81.0 cm³/mol. The van der Waals surface area contributed by atoms with Gasteiger partial charge < -0.3 is 4.43 Å². The van der Waals surface area contributed by atoms with E-state index in [0.29, 0.717) is 11.1 Å². The Kier molecular flexibility index (Phi) is 7.34. The Hall–Kier alpha value is -0.0831. The second-order valence-electron chi connectivity index (χ2n) is 6.62. The molecule has 102 valence electrons. The van der Waals surface area contributed by atoms with E-state index in [0.717, 1.165) is 6.42 Å². The van der Waals surface area contributed by atoms with Crippen molar-refractivity contribution in [3.63, 3.8) is 0 Å². The topological polar surface area (TPSA) is 9.23 Å². The molecular weight excluding hydrogens is 224 g/mol. The number of unbranched alkanes of at least 4 members (excludes halogenated alkanes) is 3. The van der Waals surface area contributed by atoms with Crippen LogP contribution in [0.1, 0.15) is 59.8 Å². The minimum atomic E-state index is -1.56. The maximum atomic E-state index is 6.33. The highest BCUT2D eigenvalue weighted by Crippen LogP contribution is 2.37. The third-order valence-corrected chi connectivity index (χ3v) is 8.42. The van der Waals surface area contributed by atoms with Crippen LogP contribution in [0.3, 0.4) is 0 Å². The van der Waals surface area contributed by atoms with Gasteiger partial charge in [0.15, 0.2) is 8.32 Å². The van der Waals surface area contributed by atoms with Crippen LogP contribution in [-0.2, 0) is 4.43 Å². The van der Waals surface area contributed by atoms with E-state index < -0.39 is 8.32 Å². The van der Waals surface area contributed by atoms with E-state index in [2.05, 4.69) is 47.4 Å². The zero-order valence-electron chi connectivity index (χ0n) is 12.8. The van der Waals surface area contributed by atoms with Crippen molar-refractivity contribution in [2.24, 2.45) is 0 Å². The van der Waals surface area contributed by atoms with Crippen molar-refractivity contribution >= 4 is 8.32 Å². The van der Waals surface area contributed by atoms with Gasteiger partial charge in [-0.25, -0.2) is 0 Å². The third kappa shape index (κ3) is 7.05. The van der Waals surface area contributed by atoms with Gasteiger partial charge in [-0.05, 0) is 44.3 Å². The van der Waals surface area contributed by atoms with Crippen molar-refractivity contribution < 1.29 is 4.43 Å². The second kappa shape index (κ2) is 7.37. The Balaban J connectivity index is 3.85. The maximum absolute atomic E-state index is 6.33. The smallest absolute Gasteiger partial charge is 0.192 e. The molecule has 0 aliphatic rings. The molecule has 0 radical (unpaired) electrons. The van der Waals surface area contributed by atoms with Gasteiger partial charge in [-0.3, -0.25) is 0 Å². The summed E-state index contributed by atoms with van der Waals surface area (Å²) in [4.78, 5) is 0. The molecule has 1 nitrogen and oxygen atoms in total. The minimum Gasteiger partial charge on any atom is -0.414 e. The van der Waals surface area contributed by atoms with Gasteiger partial charge in [0.25, 0.3) is 0 Å². The molecule has 0 saturated carbocycles. The monoisotopic (exact) mass is 256 g/mol. The van der Waals surface area contributed by atoms with Crippen molar-refractivity contribution in [1.82, 2.24) is 0 Å². The summed E-state index contributed by atoms with van der Waals surface area (Å²) < 4.78 is 6.33. The van der Waals surface area contributed by atoms with Gasteiger partial charge >= 0.3 is 0 Å². The molecule has 0 rings (SSSR count). The molecule has 0 unspecified atom stereocenters. The quantitative estimate of drug-likeness (QED) is 0.315. The van der Waals surface area contributed by atoms with Crippen LogP contribution < -0.4 is 0 Å². The summed E-state index contributed by atoms with van der Waals surface area (Å²) in [6.07, 6.45) is 8.63.